The van der Waals surface area contributed by atoms with Gasteiger partial charge < -0.3 is 14.7 Å². The Balaban J connectivity index is 1.21. The monoisotopic (exact) mass is 513 g/mol. The Labute approximate surface area is 214 Å². The molecule has 3 unspecified atom stereocenters. The number of carbonyl (C=O) groups is 2. The second-order valence-corrected chi connectivity index (χ2v) is 11.2. The maximum atomic E-state index is 14.1. The molecule has 35 heavy (non-hydrogen) atoms. The molecule has 5 nitrogen and oxygen atoms in total. The van der Waals surface area contributed by atoms with Crippen LogP contribution < -0.4 is 4.90 Å². The number of halogens is 2. The van der Waals surface area contributed by atoms with Crippen LogP contribution in [0.5, 0.6) is 0 Å². The fraction of sp³-hybridized carbons (Fsp3) is 0.407. The number of hydrogen-bond acceptors (Lipinski definition) is 4. The predicted octanol–water partition coefficient (Wildman–Crippen LogP) is 4.91. The van der Waals surface area contributed by atoms with Crippen molar-refractivity contribution < 1.29 is 14.0 Å². The van der Waals surface area contributed by atoms with Gasteiger partial charge in [0.1, 0.15) is 5.82 Å². The highest BCUT2D eigenvalue weighted by Gasteiger charge is 2.43. The van der Waals surface area contributed by atoms with E-state index in [9.17, 15) is 14.0 Å². The van der Waals surface area contributed by atoms with Crippen molar-refractivity contribution in [2.24, 2.45) is 5.92 Å². The van der Waals surface area contributed by atoms with E-state index in [0.29, 0.717) is 43.3 Å². The fourth-order valence-corrected chi connectivity index (χ4v) is 7.08. The van der Waals surface area contributed by atoms with Crippen LogP contribution in [0.25, 0.3) is 6.08 Å². The quantitative estimate of drug-likeness (QED) is 0.547. The summed E-state index contributed by atoms with van der Waals surface area (Å²) in [5.74, 6) is -0.131. The second kappa shape index (κ2) is 10.2. The van der Waals surface area contributed by atoms with Crippen LogP contribution in [0.15, 0.2) is 53.4 Å². The molecule has 3 aliphatic rings. The molecule has 2 aromatic carbocycles. The lowest BCUT2D eigenvalue weighted by atomic mass is 9.83. The molecule has 0 aromatic heterocycles. The molecule has 2 amide bonds. The number of benzene rings is 2. The summed E-state index contributed by atoms with van der Waals surface area (Å²) in [6.07, 6.45) is 4.33. The highest BCUT2D eigenvalue weighted by Crippen LogP contribution is 2.43. The van der Waals surface area contributed by atoms with E-state index in [-0.39, 0.29) is 34.8 Å². The molecular formula is C27H29ClFN3O2S. The number of thioether (sulfide) groups is 1. The molecule has 0 N–H and O–H groups in total. The summed E-state index contributed by atoms with van der Waals surface area (Å²) < 4.78 is 14.1. The molecule has 2 aliphatic heterocycles. The van der Waals surface area contributed by atoms with Crippen LogP contribution in [-0.2, 0) is 9.59 Å². The molecule has 2 saturated heterocycles. The van der Waals surface area contributed by atoms with E-state index >= 15 is 0 Å². The number of carbonyl (C=O) groups excluding carboxylic acids is 2. The van der Waals surface area contributed by atoms with Gasteiger partial charge in [-0.05, 0) is 55.2 Å². The molecule has 0 bridgehead atoms. The van der Waals surface area contributed by atoms with Crippen LogP contribution >= 0.6 is 23.4 Å². The second-order valence-electron chi connectivity index (χ2n) is 9.48. The van der Waals surface area contributed by atoms with Gasteiger partial charge in [-0.1, -0.05) is 35.9 Å². The maximum Gasteiger partial charge on any atom is 0.260 e. The Morgan fingerprint density at radius 2 is 1.86 bits per heavy atom. The van der Waals surface area contributed by atoms with Gasteiger partial charge in [-0.25, -0.2) is 4.39 Å². The molecule has 184 valence electrons. The standard InChI is InChI=1S/C27H29ClFN3O2S/c1-30-23-17-19(26(33)32-13-11-31(12-14-32)22-8-3-2-7-21(22)29)9-10-24(23)35-25(27(30)34)16-18-5-4-6-20(28)15-18/h2-8,15-16,19,23-24H,9-14,17H2,1H3/b25-16-. The van der Waals surface area contributed by atoms with E-state index in [4.69, 9.17) is 11.6 Å². The van der Waals surface area contributed by atoms with E-state index in [2.05, 4.69) is 0 Å². The lowest BCUT2D eigenvalue weighted by Gasteiger charge is -2.45. The first-order valence-electron chi connectivity index (χ1n) is 12.1. The Kier molecular flexibility index (Phi) is 7.07. The number of anilines is 1. The highest BCUT2D eigenvalue weighted by atomic mass is 35.5. The first-order chi connectivity index (χ1) is 16.9. The molecule has 2 aromatic rings. The van der Waals surface area contributed by atoms with Crippen LogP contribution in [0, 0.1) is 11.7 Å². The Hall–Kier alpha value is -2.51. The summed E-state index contributed by atoms with van der Waals surface area (Å²) in [4.78, 5) is 33.0. The van der Waals surface area contributed by atoms with Crippen molar-refractivity contribution in [1.82, 2.24) is 9.80 Å². The van der Waals surface area contributed by atoms with Gasteiger partial charge in [0, 0.05) is 55.5 Å². The van der Waals surface area contributed by atoms with E-state index < -0.39 is 0 Å². The van der Waals surface area contributed by atoms with E-state index in [1.165, 1.54) is 6.07 Å². The average molecular weight is 514 g/mol. The normalized spacial score (nSPS) is 26.1. The maximum absolute atomic E-state index is 14.1. The number of fused-ring (bicyclic) bond motifs is 1. The molecule has 5 rings (SSSR count). The average Bonchev–Trinajstić information content (AvgIpc) is 2.87. The molecule has 0 spiro atoms. The van der Waals surface area contributed by atoms with Gasteiger partial charge in [-0.2, -0.15) is 0 Å². The first kappa shape index (κ1) is 24.2. The number of likely N-dealkylation sites (N-methyl/N-ethyl adjacent to an activating group) is 1. The Morgan fingerprint density at radius 1 is 1.09 bits per heavy atom. The summed E-state index contributed by atoms with van der Waals surface area (Å²) in [7, 11) is 1.85. The number of amides is 2. The van der Waals surface area contributed by atoms with Gasteiger partial charge in [-0.15, -0.1) is 11.8 Å². The number of hydrogen-bond donors (Lipinski definition) is 0. The van der Waals surface area contributed by atoms with Crippen molar-refractivity contribution in [3.8, 4) is 0 Å². The fourth-order valence-electron chi connectivity index (χ4n) is 5.40. The topological polar surface area (TPSA) is 43.9 Å². The first-order valence-corrected chi connectivity index (χ1v) is 13.4. The molecule has 8 heteroatoms. The van der Waals surface area contributed by atoms with Crippen molar-refractivity contribution in [3.63, 3.8) is 0 Å². The summed E-state index contributed by atoms with van der Waals surface area (Å²) in [6.45, 7) is 2.43. The van der Waals surface area contributed by atoms with Crippen molar-refractivity contribution >= 4 is 46.9 Å². The molecule has 3 fully saturated rings. The summed E-state index contributed by atoms with van der Waals surface area (Å²) >= 11 is 7.74. The molecule has 3 atom stereocenters. The third-order valence-electron chi connectivity index (χ3n) is 7.34. The van der Waals surface area contributed by atoms with Gasteiger partial charge in [0.15, 0.2) is 0 Å². The minimum atomic E-state index is -0.225. The summed E-state index contributed by atoms with van der Waals surface area (Å²) in [5.41, 5.74) is 1.51. The smallest absolute Gasteiger partial charge is 0.260 e. The minimum Gasteiger partial charge on any atom is -0.366 e. The van der Waals surface area contributed by atoms with Gasteiger partial charge in [0.25, 0.3) is 5.91 Å². The third kappa shape index (κ3) is 5.07. The zero-order valence-electron chi connectivity index (χ0n) is 19.7. The molecular weight excluding hydrogens is 485 g/mol. The Bertz CT molecular complexity index is 1150. The van der Waals surface area contributed by atoms with Gasteiger partial charge >= 0.3 is 0 Å². The van der Waals surface area contributed by atoms with Gasteiger partial charge in [-0.3, -0.25) is 9.59 Å². The van der Waals surface area contributed by atoms with Gasteiger partial charge in [0.05, 0.1) is 10.6 Å². The molecule has 2 heterocycles. The van der Waals surface area contributed by atoms with E-state index in [1.54, 1.807) is 23.9 Å². The SMILES string of the molecule is CN1C(=O)/C(=C/c2cccc(Cl)c2)SC2CCC(C(=O)N3CCN(c4ccccc4F)CC3)CC21. The zero-order chi connectivity index (χ0) is 24.5. The van der Waals surface area contributed by atoms with Crippen LogP contribution in [0.3, 0.4) is 0 Å². The number of rotatable bonds is 3. The van der Waals surface area contributed by atoms with E-state index in [1.807, 2.05) is 58.2 Å². The van der Waals surface area contributed by atoms with Crippen molar-refractivity contribution in [1.29, 1.82) is 0 Å². The number of para-hydroxylation sites is 1. The Morgan fingerprint density at radius 3 is 2.60 bits per heavy atom. The van der Waals surface area contributed by atoms with Crippen molar-refractivity contribution in [2.75, 3.05) is 38.1 Å². The van der Waals surface area contributed by atoms with Crippen molar-refractivity contribution in [2.45, 2.75) is 30.6 Å². The minimum absolute atomic E-state index is 0.00262. The number of piperazine rings is 1. The highest BCUT2D eigenvalue weighted by molar-refractivity contribution is 8.04. The van der Waals surface area contributed by atoms with E-state index in [0.717, 1.165) is 23.3 Å². The van der Waals surface area contributed by atoms with Gasteiger partial charge in [0.2, 0.25) is 5.91 Å². The number of nitrogens with zero attached hydrogens (tertiary/aromatic N) is 3. The predicted molar refractivity (Wildman–Crippen MR) is 140 cm³/mol. The zero-order valence-corrected chi connectivity index (χ0v) is 21.3. The summed E-state index contributed by atoms with van der Waals surface area (Å²) in [5, 5.41) is 0.928. The van der Waals surface area contributed by atoms with Crippen molar-refractivity contribution in [3.05, 3.63) is 69.8 Å². The summed E-state index contributed by atoms with van der Waals surface area (Å²) in [6, 6.07) is 14.3. The molecule has 1 aliphatic carbocycles. The lowest BCUT2D eigenvalue weighted by molar-refractivity contribution is -0.139. The lowest BCUT2D eigenvalue weighted by Crippen LogP contribution is -2.55. The molecule has 0 radical (unpaired) electrons. The van der Waals surface area contributed by atoms with Crippen LogP contribution in [-0.4, -0.2) is 66.1 Å². The largest absolute Gasteiger partial charge is 0.366 e. The van der Waals surface area contributed by atoms with Crippen LogP contribution in [0.4, 0.5) is 10.1 Å². The van der Waals surface area contributed by atoms with Crippen LogP contribution in [0.1, 0.15) is 24.8 Å². The van der Waals surface area contributed by atoms with Crippen LogP contribution in [0.2, 0.25) is 5.02 Å². The third-order valence-corrected chi connectivity index (χ3v) is 8.98. The molecule has 1 saturated carbocycles.